The molecule has 0 aromatic carbocycles. The number of allylic oxidation sites excluding steroid dienone is 3. The van der Waals surface area contributed by atoms with Gasteiger partial charge in [0.2, 0.25) is 0 Å². The maximum Gasteiger partial charge on any atom is 0.121 e. The van der Waals surface area contributed by atoms with Crippen molar-refractivity contribution in [2.24, 2.45) is 23.2 Å². The lowest BCUT2D eigenvalue weighted by Crippen LogP contribution is -2.39. The third kappa shape index (κ3) is 6.36. The highest BCUT2D eigenvalue weighted by Gasteiger charge is 2.51. The maximum absolute atomic E-state index is 10.6. The van der Waals surface area contributed by atoms with Gasteiger partial charge in [-0.1, -0.05) is 63.8 Å². The van der Waals surface area contributed by atoms with Crippen LogP contribution in [0, 0.1) is 35.0 Å². The van der Waals surface area contributed by atoms with Gasteiger partial charge in [-0.15, -0.1) is 0 Å². The summed E-state index contributed by atoms with van der Waals surface area (Å²) in [5, 5.41) is 31.0. The van der Waals surface area contributed by atoms with Gasteiger partial charge in [-0.05, 0) is 92.6 Å². The number of ether oxygens (including phenoxy) is 1. The average molecular weight is 499 g/mol. The summed E-state index contributed by atoms with van der Waals surface area (Å²) in [4.78, 5) is 0. The first-order chi connectivity index (χ1) is 17.1. The van der Waals surface area contributed by atoms with Crippen LogP contribution in [0.2, 0.25) is 0 Å². The van der Waals surface area contributed by atoms with Crippen LogP contribution in [0.25, 0.3) is 0 Å². The van der Waals surface area contributed by atoms with E-state index in [0.717, 1.165) is 17.6 Å². The number of aliphatic hydroxyl groups excluding tert-OH is 2. The van der Waals surface area contributed by atoms with Gasteiger partial charge >= 0.3 is 0 Å². The minimum absolute atomic E-state index is 0.112. The molecule has 0 aromatic rings. The Hall–Kier alpha value is -1.38. The summed E-state index contributed by atoms with van der Waals surface area (Å²) < 4.78 is 6.17. The Kier molecular flexibility index (Phi) is 10.1. The number of fused-ring (bicyclic) bond motifs is 1. The van der Waals surface area contributed by atoms with Crippen LogP contribution < -0.4 is 0 Å². The fourth-order valence-electron chi connectivity index (χ4n) is 7.14. The van der Waals surface area contributed by atoms with Crippen LogP contribution in [-0.4, -0.2) is 45.8 Å². The van der Waals surface area contributed by atoms with Crippen molar-refractivity contribution in [3.8, 4) is 11.8 Å². The van der Waals surface area contributed by atoms with Crippen LogP contribution >= 0.6 is 0 Å². The van der Waals surface area contributed by atoms with Gasteiger partial charge in [0.25, 0.3) is 0 Å². The average Bonchev–Trinajstić information content (AvgIpc) is 3.21. The van der Waals surface area contributed by atoms with Crippen molar-refractivity contribution in [2.45, 2.75) is 123 Å². The van der Waals surface area contributed by atoms with Crippen LogP contribution in [0.3, 0.4) is 0 Å². The van der Waals surface area contributed by atoms with Crippen molar-refractivity contribution in [2.75, 3.05) is 6.61 Å². The van der Waals surface area contributed by atoms with E-state index in [1.54, 1.807) is 0 Å². The molecule has 3 aliphatic carbocycles. The zero-order chi connectivity index (χ0) is 26.5. The predicted molar refractivity (Wildman–Crippen MR) is 147 cm³/mol. The summed E-state index contributed by atoms with van der Waals surface area (Å²) in [7, 11) is 0. The fraction of sp³-hybridized carbons (Fsp3) is 0.750. The van der Waals surface area contributed by atoms with Crippen molar-refractivity contribution < 1.29 is 20.1 Å². The van der Waals surface area contributed by atoms with Gasteiger partial charge in [0.1, 0.15) is 6.10 Å². The number of rotatable bonds is 8. The van der Waals surface area contributed by atoms with Gasteiger partial charge in [0.05, 0.1) is 17.8 Å². The van der Waals surface area contributed by atoms with Crippen LogP contribution in [0.15, 0.2) is 35.5 Å². The number of hydrogen-bond acceptors (Lipinski definition) is 4. The molecule has 3 N–H and O–H groups in total. The van der Waals surface area contributed by atoms with Crippen molar-refractivity contribution in [1.29, 1.82) is 0 Å². The molecule has 4 nitrogen and oxygen atoms in total. The number of aliphatic hydroxyl groups is 3. The molecular weight excluding hydrogens is 448 g/mol. The summed E-state index contributed by atoms with van der Waals surface area (Å²) in [5.74, 6) is 8.10. The van der Waals surface area contributed by atoms with E-state index < -0.39 is 17.8 Å². The highest BCUT2D eigenvalue weighted by molar-refractivity contribution is 5.38. The first-order valence-corrected chi connectivity index (χ1v) is 14.4. The quantitative estimate of drug-likeness (QED) is 0.353. The molecule has 0 bridgehead atoms. The second-order valence-electron chi connectivity index (χ2n) is 11.8. The SMILES string of the molecule is C=C1C(=CC=C2CCC[C@]3(C)C([C@@H](C)[C@@H](C#CCC(O)(CC)CC)OCC)CC[C@@H]23)C[C@@H](O)C[C@@H]1O. The van der Waals surface area contributed by atoms with E-state index in [0.29, 0.717) is 56.5 Å². The Labute approximate surface area is 219 Å². The molecule has 0 heterocycles. The third-order valence-electron chi connectivity index (χ3n) is 9.74. The summed E-state index contributed by atoms with van der Waals surface area (Å²) in [6, 6.07) is 0. The zero-order valence-corrected chi connectivity index (χ0v) is 23.4. The minimum atomic E-state index is -0.704. The molecule has 0 aromatic heterocycles. The molecule has 0 radical (unpaired) electrons. The molecular formula is C32H50O4. The molecule has 3 saturated carbocycles. The summed E-state index contributed by atoms with van der Waals surface area (Å²) in [5.41, 5.74) is 2.75. The highest BCUT2D eigenvalue weighted by atomic mass is 16.5. The van der Waals surface area contributed by atoms with Gasteiger partial charge in [0, 0.05) is 19.4 Å². The molecule has 1 unspecified atom stereocenters. The third-order valence-corrected chi connectivity index (χ3v) is 9.74. The second kappa shape index (κ2) is 12.4. The van der Waals surface area contributed by atoms with E-state index >= 15 is 0 Å². The molecule has 4 heteroatoms. The van der Waals surface area contributed by atoms with E-state index in [-0.39, 0.29) is 11.5 Å². The van der Waals surface area contributed by atoms with Gasteiger partial charge < -0.3 is 20.1 Å². The largest absolute Gasteiger partial charge is 0.393 e. The van der Waals surface area contributed by atoms with E-state index in [1.165, 1.54) is 31.3 Å². The lowest BCUT2D eigenvalue weighted by molar-refractivity contribution is 0.00484. The van der Waals surface area contributed by atoms with Crippen molar-refractivity contribution >= 4 is 0 Å². The fourth-order valence-corrected chi connectivity index (χ4v) is 7.14. The van der Waals surface area contributed by atoms with Crippen molar-refractivity contribution in [3.05, 3.63) is 35.5 Å². The summed E-state index contributed by atoms with van der Waals surface area (Å²) in [6.07, 6.45) is 11.9. The van der Waals surface area contributed by atoms with E-state index in [1.807, 2.05) is 20.8 Å². The topological polar surface area (TPSA) is 69.9 Å². The van der Waals surface area contributed by atoms with Gasteiger partial charge in [0.15, 0.2) is 0 Å². The Bertz CT molecular complexity index is 886. The Balaban J connectivity index is 1.78. The van der Waals surface area contributed by atoms with E-state index in [9.17, 15) is 15.3 Å². The normalized spacial score (nSPS) is 34.8. The molecule has 7 atom stereocenters. The second-order valence-corrected chi connectivity index (χ2v) is 11.8. The van der Waals surface area contributed by atoms with Gasteiger partial charge in [-0.2, -0.15) is 0 Å². The molecule has 36 heavy (non-hydrogen) atoms. The summed E-state index contributed by atoms with van der Waals surface area (Å²) >= 11 is 0. The Morgan fingerprint density at radius 3 is 2.58 bits per heavy atom. The van der Waals surface area contributed by atoms with Crippen molar-refractivity contribution in [3.63, 3.8) is 0 Å². The molecule has 0 saturated heterocycles. The Morgan fingerprint density at radius 2 is 1.92 bits per heavy atom. The minimum Gasteiger partial charge on any atom is -0.393 e. The van der Waals surface area contributed by atoms with Gasteiger partial charge in [-0.25, -0.2) is 0 Å². The standard InChI is InChI=1S/C32H50O4/c1-7-32(35,8-2)19-11-13-30(36-9-3)23(5)27-16-17-28-24(12-10-18-31(27,28)6)14-15-25-20-26(33)21-29(34)22(25)4/h14-15,23,26-30,33-35H,4,7-10,12,16-21H2,1-3,5-6H3/t23-,26-,27?,28+,29+,30-,31-/m1/s1. The lowest BCUT2D eigenvalue weighted by Gasteiger charge is -2.45. The first-order valence-electron chi connectivity index (χ1n) is 14.4. The highest BCUT2D eigenvalue weighted by Crippen LogP contribution is 2.60. The van der Waals surface area contributed by atoms with Gasteiger partial charge in [-0.3, -0.25) is 0 Å². The maximum atomic E-state index is 10.6. The Morgan fingerprint density at radius 1 is 1.19 bits per heavy atom. The summed E-state index contributed by atoms with van der Waals surface area (Å²) in [6.45, 7) is 15.6. The van der Waals surface area contributed by atoms with Crippen LogP contribution in [0.4, 0.5) is 0 Å². The smallest absolute Gasteiger partial charge is 0.121 e. The monoisotopic (exact) mass is 498 g/mol. The molecule has 3 rings (SSSR count). The van der Waals surface area contributed by atoms with E-state index in [4.69, 9.17) is 4.74 Å². The molecule has 3 fully saturated rings. The van der Waals surface area contributed by atoms with Crippen LogP contribution in [0.5, 0.6) is 0 Å². The number of hydrogen-bond donors (Lipinski definition) is 3. The first kappa shape index (κ1) is 29.2. The lowest BCUT2D eigenvalue weighted by atomic mass is 9.60. The molecule has 202 valence electrons. The van der Waals surface area contributed by atoms with Crippen LogP contribution in [0.1, 0.15) is 98.8 Å². The molecule has 0 spiro atoms. The molecule has 0 aliphatic heterocycles. The predicted octanol–water partition coefficient (Wildman–Crippen LogP) is 6.11. The zero-order valence-electron chi connectivity index (χ0n) is 23.4. The molecule has 0 amide bonds. The van der Waals surface area contributed by atoms with Crippen molar-refractivity contribution in [1.82, 2.24) is 0 Å². The molecule has 3 aliphatic rings. The van der Waals surface area contributed by atoms with E-state index in [2.05, 4.69) is 44.4 Å². The van der Waals surface area contributed by atoms with Crippen LogP contribution in [-0.2, 0) is 4.74 Å².